The number of morpholine rings is 1. The van der Waals surface area contributed by atoms with Crippen molar-refractivity contribution < 1.29 is 13.9 Å². The van der Waals surface area contributed by atoms with E-state index in [4.69, 9.17) is 9.47 Å². The molecule has 0 saturated carbocycles. The molecule has 2 fully saturated rings. The summed E-state index contributed by atoms with van der Waals surface area (Å²) in [6.45, 7) is 2.64. The van der Waals surface area contributed by atoms with E-state index in [1.807, 2.05) is 12.1 Å². The minimum absolute atomic E-state index is 0.111. The molecule has 4 heteroatoms. The average Bonchev–Trinajstić information content (AvgIpc) is 2.80. The van der Waals surface area contributed by atoms with Crippen LogP contribution in [0.4, 0.5) is 4.39 Å². The lowest BCUT2D eigenvalue weighted by Crippen LogP contribution is -2.53. The van der Waals surface area contributed by atoms with E-state index in [0.717, 1.165) is 13.0 Å². The largest absolute Gasteiger partial charge is 0.378 e. The normalized spacial score (nSPS) is 33.1. The van der Waals surface area contributed by atoms with Gasteiger partial charge in [0.25, 0.3) is 0 Å². The second-order valence-corrected chi connectivity index (χ2v) is 4.62. The summed E-state index contributed by atoms with van der Waals surface area (Å²) < 4.78 is 25.2. The van der Waals surface area contributed by atoms with E-state index < -0.39 is 0 Å². The Morgan fingerprint density at radius 2 is 2.18 bits per heavy atom. The van der Waals surface area contributed by atoms with E-state index in [2.05, 4.69) is 5.32 Å². The molecular weight excluding hydrogens is 221 g/mol. The molecule has 2 aliphatic rings. The molecule has 1 spiro atoms. The maximum Gasteiger partial charge on any atom is 0.128 e. The van der Waals surface area contributed by atoms with Gasteiger partial charge in [-0.25, -0.2) is 4.39 Å². The molecule has 92 valence electrons. The molecule has 2 atom stereocenters. The van der Waals surface area contributed by atoms with Crippen molar-refractivity contribution in [2.75, 3.05) is 26.4 Å². The third-order valence-corrected chi connectivity index (χ3v) is 3.60. The summed E-state index contributed by atoms with van der Waals surface area (Å²) in [6, 6.07) is 6.77. The van der Waals surface area contributed by atoms with Crippen LogP contribution in [0.2, 0.25) is 0 Å². The molecule has 3 nitrogen and oxygen atoms in total. The van der Waals surface area contributed by atoms with Gasteiger partial charge < -0.3 is 14.8 Å². The first-order chi connectivity index (χ1) is 8.32. The van der Waals surface area contributed by atoms with E-state index in [0.29, 0.717) is 25.4 Å². The van der Waals surface area contributed by atoms with Gasteiger partial charge >= 0.3 is 0 Å². The Balaban J connectivity index is 1.97. The van der Waals surface area contributed by atoms with Crippen LogP contribution in [0.5, 0.6) is 0 Å². The first-order valence-electron chi connectivity index (χ1n) is 6.01. The van der Waals surface area contributed by atoms with Crippen molar-refractivity contribution >= 4 is 0 Å². The summed E-state index contributed by atoms with van der Waals surface area (Å²) in [5, 5.41) is 3.36. The van der Waals surface area contributed by atoms with Gasteiger partial charge in [0, 0.05) is 25.1 Å². The maximum absolute atomic E-state index is 13.9. The number of ether oxygens (including phenoxy) is 2. The molecule has 1 aromatic rings. The Kier molecular flexibility index (Phi) is 2.86. The van der Waals surface area contributed by atoms with Crippen molar-refractivity contribution in [3.8, 4) is 0 Å². The number of nitrogens with one attached hydrogen (secondary N) is 1. The average molecular weight is 237 g/mol. The Labute approximate surface area is 99.9 Å². The predicted molar refractivity (Wildman–Crippen MR) is 61.3 cm³/mol. The van der Waals surface area contributed by atoms with Gasteiger partial charge in [-0.3, -0.25) is 0 Å². The van der Waals surface area contributed by atoms with Gasteiger partial charge in [0.1, 0.15) is 11.4 Å². The number of hydrogen-bond acceptors (Lipinski definition) is 3. The van der Waals surface area contributed by atoms with Crippen molar-refractivity contribution in [2.24, 2.45) is 0 Å². The quantitative estimate of drug-likeness (QED) is 0.805. The molecule has 0 aromatic heterocycles. The zero-order chi connectivity index (χ0) is 11.7. The smallest absolute Gasteiger partial charge is 0.128 e. The van der Waals surface area contributed by atoms with Crippen LogP contribution in [0.25, 0.3) is 0 Å². The van der Waals surface area contributed by atoms with Gasteiger partial charge in [-0.15, -0.1) is 0 Å². The van der Waals surface area contributed by atoms with Gasteiger partial charge in [0.15, 0.2) is 0 Å². The van der Waals surface area contributed by atoms with Crippen LogP contribution in [-0.4, -0.2) is 32.0 Å². The highest BCUT2D eigenvalue weighted by Gasteiger charge is 2.46. The van der Waals surface area contributed by atoms with Gasteiger partial charge in [-0.2, -0.15) is 0 Å². The summed E-state index contributed by atoms with van der Waals surface area (Å²) in [4.78, 5) is 0. The van der Waals surface area contributed by atoms with Crippen LogP contribution in [0, 0.1) is 5.82 Å². The minimum Gasteiger partial charge on any atom is -0.378 e. The Hall–Kier alpha value is -0.970. The Morgan fingerprint density at radius 1 is 1.29 bits per heavy atom. The molecule has 0 radical (unpaired) electrons. The first-order valence-corrected chi connectivity index (χ1v) is 6.01. The summed E-state index contributed by atoms with van der Waals surface area (Å²) >= 11 is 0. The first kappa shape index (κ1) is 11.1. The summed E-state index contributed by atoms with van der Waals surface area (Å²) in [5.74, 6) is -0.179. The third kappa shape index (κ3) is 1.86. The zero-order valence-electron chi connectivity index (χ0n) is 9.62. The summed E-state index contributed by atoms with van der Waals surface area (Å²) in [6.07, 6.45) is 0.818. The molecule has 0 bridgehead atoms. The van der Waals surface area contributed by atoms with Crippen LogP contribution in [0.15, 0.2) is 24.3 Å². The lowest BCUT2D eigenvalue weighted by atomic mass is 9.86. The molecule has 1 aromatic carbocycles. The van der Waals surface area contributed by atoms with E-state index >= 15 is 0 Å². The lowest BCUT2D eigenvalue weighted by Gasteiger charge is -2.41. The van der Waals surface area contributed by atoms with E-state index in [1.54, 1.807) is 6.07 Å². The molecule has 2 saturated heterocycles. The van der Waals surface area contributed by atoms with E-state index in [-0.39, 0.29) is 17.5 Å². The molecular formula is C13H16FNO2. The van der Waals surface area contributed by atoms with Crippen LogP contribution in [0.3, 0.4) is 0 Å². The predicted octanol–water partition coefficient (Wildman–Crippen LogP) is 1.65. The summed E-state index contributed by atoms with van der Waals surface area (Å²) in [5.41, 5.74) is 0.290. The monoisotopic (exact) mass is 237 g/mol. The molecule has 0 aliphatic carbocycles. The highest BCUT2D eigenvalue weighted by molar-refractivity contribution is 5.25. The minimum atomic E-state index is -0.388. The Bertz CT molecular complexity index is 404. The molecule has 2 heterocycles. The lowest BCUT2D eigenvalue weighted by molar-refractivity contribution is -0.0995. The second kappa shape index (κ2) is 4.37. The third-order valence-electron chi connectivity index (χ3n) is 3.60. The maximum atomic E-state index is 13.9. The van der Waals surface area contributed by atoms with Crippen molar-refractivity contribution in [2.45, 2.75) is 18.1 Å². The molecule has 2 unspecified atom stereocenters. The number of rotatable bonds is 1. The molecule has 17 heavy (non-hydrogen) atoms. The van der Waals surface area contributed by atoms with Gasteiger partial charge in [-0.1, -0.05) is 18.2 Å². The fourth-order valence-corrected chi connectivity index (χ4v) is 2.73. The van der Waals surface area contributed by atoms with Gasteiger partial charge in [-0.05, 0) is 6.07 Å². The number of halogens is 1. The molecule has 0 amide bonds. The van der Waals surface area contributed by atoms with Crippen molar-refractivity contribution in [3.63, 3.8) is 0 Å². The van der Waals surface area contributed by atoms with Crippen molar-refractivity contribution in [1.82, 2.24) is 5.32 Å². The fraction of sp³-hybridized carbons (Fsp3) is 0.538. The van der Waals surface area contributed by atoms with Gasteiger partial charge in [0.2, 0.25) is 0 Å². The highest BCUT2D eigenvalue weighted by atomic mass is 19.1. The fourth-order valence-electron chi connectivity index (χ4n) is 2.73. The van der Waals surface area contributed by atoms with E-state index in [1.165, 1.54) is 6.07 Å². The van der Waals surface area contributed by atoms with E-state index in [9.17, 15) is 4.39 Å². The SMILES string of the molecule is Fc1ccccc1C1NCCOC12CCOC2. The molecule has 3 rings (SSSR count). The van der Waals surface area contributed by atoms with Crippen LogP contribution < -0.4 is 5.32 Å². The van der Waals surface area contributed by atoms with Crippen molar-refractivity contribution in [1.29, 1.82) is 0 Å². The molecule has 2 aliphatic heterocycles. The number of benzene rings is 1. The Morgan fingerprint density at radius 3 is 2.94 bits per heavy atom. The summed E-state index contributed by atoms with van der Waals surface area (Å²) in [7, 11) is 0. The molecule has 1 N–H and O–H groups in total. The zero-order valence-corrected chi connectivity index (χ0v) is 9.62. The highest BCUT2D eigenvalue weighted by Crippen LogP contribution is 2.38. The topological polar surface area (TPSA) is 30.5 Å². The van der Waals surface area contributed by atoms with Crippen molar-refractivity contribution in [3.05, 3.63) is 35.6 Å². The van der Waals surface area contributed by atoms with Crippen LogP contribution in [0.1, 0.15) is 18.0 Å². The van der Waals surface area contributed by atoms with Crippen LogP contribution >= 0.6 is 0 Å². The van der Waals surface area contributed by atoms with Gasteiger partial charge in [0.05, 0.1) is 19.3 Å². The second-order valence-electron chi connectivity index (χ2n) is 4.62. The number of hydrogen-bond donors (Lipinski definition) is 1. The standard InChI is InChI=1S/C13H16FNO2/c14-11-4-2-1-3-10(11)12-13(5-7-16-9-13)17-8-6-15-12/h1-4,12,15H,5-9H2. The van der Waals surface area contributed by atoms with Crippen LogP contribution in [-0.2, 0) is 9.47 Å².